The lowest BCUT2D eigenvalue weighted by atomic mass is 10.0. The highest BCUT2D eigenvalue weighted by atomic mass is 16.5. The second-order valence-electron chi connectivity index (χ2n) is 8.67. The molecule has 0 N–H and O–H groups in total. The highest BCUT2D eigenvalue weighted by molar-refractivity contribution is 5.99. The summed E-state index contributed by atoms with van der Waals surface area (Å²) in [5, 5.41) is 1.69. The van der Waals surface area contributed by atoms with Crippen molar-refractivity contribution in [3.63, 3.8) is 0 Å². The van der Waals surface area contributed by atoms with Gasteiger partial charge in [0.1, 0.15) is 11.5 Å². The summed E-state index contributed by atoms with van der Waals surface area (Å²) in [4.78, 5) is 25.3. The first kappa shape index (κ1) is 23.2. The average molecular weight is 453 g/mol. The van der Waals surface area contributed by atoms with Crippen LogP contribution in [0, 0.1) is 27.7 Å². The van der Waals surface area contributed by atoms with E-state index in [9.17, 15) is 9.59 Å². The molecule has 0 aromatic heterocycles. The van der Waals surface area contributed by atoms with Gasteiger partial charge in [0, 0.05) is 21.9 Å². The molecule has 34 heavy (non-hydrogen) atoms. The number of carbonyl (C=O) groups is 2. The Labute approximate surface area is 200 Å². The third-order valence-electron chi connectivity index (χ3n) is 5.94. The lowest BCUT2D eigenvalue weighted by molar-refractivity contribution is 0.0914. The molecule has 0 aliphatic rings. The van der Waals surface area contributed by atoms with Crippen LogP contribution >= 0.6 is 0 Å². The van der Waals surface area contributed by atoms with Gasteiger partial charge in [-0.2, -0.15) is 0 Å². The van der Waals surface area contributed by atoms with E-state index >= 15 is 0 Å². The van der Waals surface area contributed by atoms with E-state index < -0.39 is 0 Å². The molecule has 0 atom stereocenters. The maximum absolute atomic E-state index is 12.6. The molecule has 0 spiro atoms. The van der Waals surface area contributed by atoms with Crippen molar-refractivity contribution in [3.8, 4) is 11.5 Å². The monoisotopic (exact) mass is 452 g/mol. The summed E-state index contributed by atoms with van der Waals surface area (Å²) in [6.07, 6.45) is 0. The zero-order chi connectivity index (χ0) is 24.2. The van der Waals surface area contributed by atoms with Crippen LogP contribution in [0.25, 0.3) is 10.8 Å². The Balaban J connectivity index is 1.57. The Morgan fingerprint density at radius 1 is 0.529 bits per heavy atom. The van der Waals surface area contributed by atoms with E-state index in [-0.39, 0.29) is 24.8 Å². The molecule has 0 amide bonds. The van der Waals surface area contributed by atoms with Crippen molar-refractivity contribution in [2.75, 3.05) is 13.2 Å². The predicted octanol–water partition coefficient (Wildman–Crippen LogP) is 6.60. The molecule has 4 aromatic carbocycles. The minimum Gasteiger partial charge on any atom is -0.485 e. The van der Waals surface area contributed by atoms with Gasteiger partial charge in [-0.15, -0.1) is 0 Å². The SMILES string of the molecule is Cc1ccc(C(=O)COc2c(C)ccc3c(OCC(=O)c4ccc(C)cc4)c(C)ccc23)cc1. The Kier molecular flexibility index (Phi) is 6.78. The number of hydrogen-bond acceptors (Lipinski definition) is 4. The molecule has 0 fully saturated rings. The van der Waals surface area contributed by atoms with E-state index in [1.54, 1.807) is 0 Å². The van der Waals surface area contributed by atoms with Crippen LogP contribution in [-0.2, 0) is 0 Å². The summed E-state index contributed by atoms with van der Waals surface area (Å²) >= 11 is 0. The van der Waals surface area contributed by atoms with Crippen molar-refractivity contribution in [2.45, 2.75) is 27.7 Å². The lowest BCUT2D eigenvalue weighted by Crippen LogP contribution is -2.13. The molecule has 0 saturated carbocycles. The molecule has 0 bridgehead atoms. The minimum atomic E-state index is -0.0799. The topological polar surface area (TPSA) is 52.6 Å². The molecule has 0 aliphatic heterocycles. The first-order valence-corrected chi connectivity index (χ1v) is 11.3. The highest BCUT2D eigenvalue weighted by Crippen LogP contribution is 2.37. The second kappa shape index (κ2) is 9.92. The van der Waals surface area contributed by atoms with Crippen molar-refractivity contribution >= 4 is 22.3 Å². The van der Waals surface area contributed by atoms with Crippen LogP contribution in [0.2, 0.25) is 0 Å². The number of rotatable bonds is 8. The van der Waals surface area contributed by atoms with Crippen molar-refractivity contribution in [1.82, 2.24) is 0 Å². The molecule has 4 nitrogen and oxygen atoms in total. The third kappa shape index (κ3) is 5.01. The number of carbonyl (C=O) groups excluding carboxylic acids is 2. The number of aryl methyl sites for hydroxylation is 4. The number of Topliss-reactive ketones (excluding diaryl/α,β-unsaturated/α-hetero) is 2. The van der Waals surface area contributed by atoms with E-state index in [2.05, 4.69) is 0 Å². The number of benzene rings is 4. The normalized spacial score (nSPS) is 10.8. The predicted molar refractivity (Wildman–Crippen MR) is 135 cm³/mol. The molecule has 172 valence electrons. The third-order valence-corrected chi connectivity index (χ3v) is 5.94. The van der Waals surface area contributed by atoms with E-state index in [1.165, 1.54) is 0 Å². The lowest BCUT2D eigenvalue weighted by Gasteiger charge is -2.16. The molecule has 0 unspecified atom stereocenters. The molecule has 4 rings (SSSR count). The fourth-order valence-corrected chi connectivity index (χ4v) is 3.87. The molecule has 4 heteroatoms. The minimum absolute atomic E-state index is 0.0566. The van der Waals surface area contributed by atoms with Crippen molar-refractivity contribution in [1.29, 1.82) is 0 Å². The van der Waals surface area contributed by atoms with Crippen molar-refractivity contribution < 1.29 is 19.1 Å². The summed E-state index contributed by atoms with van der Waals surface area (Å²) in [7, 11) is 0. The quantitative estimate of drug-likeness (QED) is 0.283. The molecule has 0 radical (unpaired) electrons. The van der Waals surface area contributed by atoms with Gasteiger partial charge in [-0.3, -0.25) is 9.59 Å². The number of fused-ring (bicyclic) bond motifs is 1. The molecule has 0 saturated heterocycles. The Hall–Kier alpha value is -3.92. The Morgan fingerprint density at radius 2 is 0.882 bits per heavy atom. The van der Waals surface area contributed by atoms with Gasteiger partial charge >= 0.3 is 0 Å². The van der Waals surface area contributed by atoms with E-state index in [0.717, 1.165) is 33.0 Å². The van der Waals surface area contributed by atoms with E-state index in [4.69, 9.17) is 9.47 Å². The van der Waals surface area contributed by atoms with Crippen LogP contribution in [-0.4, -0.2) is 24.8 Å². The summed E-state index contributed by atoms with van der Waals surface area (Å²) in [5.74, 6) is 1.13. The molecular weight excluding hydrogens is 424 g/mol. The van der Waals surface area contributed by atoms with Crippen molar-refractivity contribution in [3.05, 3.63) is 106 Å². The average Bonchev–Trinajstić information content (AvgIpc) is 2.83. The molecule has 0 aliphatic carbocycles. The van der Waals surface area contributed by atoms with E-state index in [1.807, 2.05) is 100 Å². The van der Waals surface area contributed by atoms with Crippen molar-refractivity contribution in [2.24, 2.45) is 0 Å². The van der Waals surface area contributed by atoms with Gasteiger partial charge in [0.2, 0.25) is 0 Å². The van der Waals surface area contributed by atoms with Gasteiger partial charge in [0.25, 0.3) is 0 Å². The largest absolute Gasteiger partial charge is 0.485 e. The summed E-state index contributed by atoms with van der Waals surface area (Å²) < 4.78 is 12.1. The van der Waals surface area contributed by atoms with Gasteiger partial charge in [-0.1, -0.05) is 83.9 Å². The first-order valence-electron chi connectivity index (χ1n) is 11.3. The van der Waals surface area contributed by atoms with Gasteiger partial charge in [0.05, 0.1) is 0 Å². The zero-order valence-corrected chi connectivity index (χ0v) is 20.0. The fourth-order valence-electron chi connectivity index (χ4n) is 3.87. The Morgan fingerprint density at radius 3 is 1.24 bits per heavy atom. The van der Waals surface area contributed by atoms with Gasteiger partial charge in [0.15, 0.2) is 24.8 Å². The maximum atomic E-state index is 12.6. The highest BCUT2D eigenvalue weighted by Gasteiger charge is 2.16. The molecular formula is C30H28O4. The smallest absolute Gasteiger partial charge is 0.200 e. The molecule has 4 aromatic rings. The van der Waals surface area contributed by atoms with Crippen LogP contribution < -0.4 is 9.47 Å². The van der Waals surface area contributed by atoms with Crippen LogP contribution in [0.4, 0.5) is 0 Å². The summed E-state index contributed by atoms with van der Waals surface area (Å²) in [6.45, 7) is 7.76. The summed E-state index contributed by atoms with van der Waals surface area (Å²) in [5.41, 5.74) is 5.30. The second-order valence-corrected chi connectivity index (χ2v) is 8.67. The van der Waals surface area contributed by atoms with Gasteiger partial charge in [-0.05, 0) is 38.8 Å². The van der Waals surface area contributed by atoms with Gasteiger partial charge < -0.3 is 9.47 Å². The standard InChI is InChI=1S/C30H28O4/c1-19-5-11-23(12-6-19)27(31)17-33-29-21(3)9-16-26-25(29)15-10-22(4)30(26)34-18-28(32)24-13-7-20(2)8-14-24/h5-16H,17-18H2,1-4H3. The zero-order valence-electron chi connectivity index (χ0n) is 20.0. The van der Waals surface area contributed by atoms with E-state index in [0.29, 0.717) is 22.6 Å². The number of hydrogen-bond donors (Lipinski definition) is 0. The number of ether oxygens (including phenoxy) is 2. The summed E-state index contributed by atoms with van der Waals surface area (Å²) in [6, 6.07) is 22.8. The Bertz CT molecular complexity index is 1240. The van der Waals surface area contributed by atoms with Crippen LogP contribution in [0.1, 0.15) is 43.0 Å². The molecule has 0 heterocycles. The van der Waals surface area contributed by atoms with Crippen LogP contribution in [0.3, 0.4) is 0 Å². The number of ketones is 2. The maximum Gasteiger partial charge on any atom is 0.200 e. The van der Waals surface area contributed by atoms with Crippen LogP contribution in [0.5, 0.6) is 11.5 Å². The fraction of sp³-hybridized carbons (Fsp3) is 0.200. The first-order chi connectivity index (χ1) is 16.3. The van der Waals surface area contributed by atoms with Crippen LogP contribution in [0.15, 0.2) is 72.8 Å². The van der Waals surface area contributed by atoms with Gasteiger partial charge in [-0.25, -0.2) is 0 Å².